The van der Waals surface area contributed by atoms with Crippen molar-refractivity contribution in [2.24, 2.45) is 0 Å². The van der Waals surface area contributed by atoms with Crippen molar-refractivity contribution in [1.82, 2.24) is 4.90 Å². The molecule has 1 heterocycles. The van der Waals surface area contributed by atoms with E-state index in [0.29, 0.717) is 0 Å². The molecular formula is C13H14FN3O4. The smallest absolute Gasteiger partial charge is 0.340 e. The highest BCUT2D eigenvalue weighted by Gasteiger charge is 2.36. The second-order valence-electron chi connectivity index (χ2n) is 4.60. The van der Waals surface area contributed by atoms with Crippen molar-refractivity contribution in [2.45, 2.75) is 12.5 Å². The number of ether oxygens (including phenoxy) is 1. The van der Waals surface area contributed by atoms with Crippen LogP contribution in [-0.4, -0.2) is 42.9 Å². The Morgan fingerprint density at radius 3 is 2.67 bits per heavy atom. The topological polar surface area (TPSA) is 102 Å². The molecule has 0 aromatic heterocycles. The van der Waals surface area contributed by atoms with Gasteiger partial charge in [0.15, 0.2) is 0 Å². The summed E-state index contributed by atoms with van der Waals surface area (Å²) in [4.78, 5) is 35.7. The van der Waals surface area contributed by atoms with Gasteiger partial charge in [-0.15, -0.1) is 0 Å². The molecular weight excluding hydrogens is 281 g/mol. The highest BCUT2D eigenvalue weighted by molar-refractivity contribution is 6.06. The van der Waals surface area contributed by atoms with E-state index >= 15 is 0 Å². The van der Waals surface area contributed by atoms with E-state index in [1.165, 1.54) is 14.2 Å². The van der Waals surface area contributed by atoms with Gasteiger partial charge >= 0.3 is 5.97 Å². The van der Waals surface area contributed by atoms with Gasteiger partial charge in [0.1, 0.15) is 11.9 Å². The van der Waals surface area contributed by atoms with Crippen LogP contribution >= 0.6 is 0 Å². The number of imide groups is 1. The monoisotopic (exact) mass is 295 g/mol. The zero-order valence-electron chi connectivity index (χ0n) is 11.5. The van der Waals surface area contributed by atoms with Gasteiger partial charge in [-0.1, -0.05) is 0 Å². The highest BCUT2D eigenvalue weighted by Crippen LogP contribution is 2.25. The van der Waals surface area contributed by atoms with E-state index in [4.69, 9.17) is 5.73 Å². The van der Waals surface area contributed by atoms with Crippen molar-refractivity contribution in [3.63, 3.8) is 0 Å². The summed E-state index contributed by atoms with van der Waals surface area (Å²) in [6.07, 6.45) is -0.0767. The van der Waals surface area contributed by atoms with Gasteiger partial charge < -0.3 is 15.8 Å². The zero-order valence-corrected chi connectivity index (χ0v) is 11.5. The Hall–Kier alpha value is -2.64. The second kappa shape index (κ2) is 5.39. The van der Waals surface area contributed by atoms with Gasteiger partial charge in [0.25, 0.3) is 5.91 Å². The first kappa shape index (κ1) is 14.8. The zero-order chi connectivity index (χ0) is 15.7. The lowest BCUT2D eigenvalue weighted by Gasteiger charge is -2.15. The third kappa shape index (κ3) is 2.64. The number of nitrogens with two attached hydrogens (primary N) is 1. The Balaban J connectivity index is 2.30. The molecule has 0 spiro atoms. The van der Waals surface area contributed by atoms with Gasteiger partial charge in [0.2, 0.25) is 5.91 Å². The minimum Gasteiger partial charge on any atom is -0.465 e. The number of anilines is 2. The SMILES string of the molecule is COC(=O)c1cc(NC2CC(=O)N(C)C2=O)c(F)cc1N. The third-order valence-corrected chi connectivity index (χ3v) is 3.26. The van der Waals surface area contributed by atoms with Gasteiger partial charge in [-0.3, -0.25) is 14.5 Å². The first-order valence-corrected chi connectivity index (χ1v) is 6.09. The molecule has 0 saturated carbocycles. The fourth-order valence-electron chi connectivity index (χ4n) is 2.04. The summed E-state index contributed by atoms with van der Waals surface area (Å²) in [5, 5.41) is 2.62. The van der Waals surface area contributed by atoms with Crippen molar-refractivity contribution in [2.75, 3.05) is 25.2 Å². The van der Waals surface area contributed by atoms with Crippen LogP contribution in [-0.2, 0) is 14.3 Å². The molecule has 1 aliphatic heterocycles. The van der Waals surface area contributed by atoms with E-state index in [1.54, 1.807) is 0 Å². The number of methoxy groups -OCH3 is 1. The molecule has 1 unspecified atom stereocenters. The predicted molar refractivity (Wildman–Crippen MR) is 72.0 cm³/mol. The molecule has 8 heteroatoms. The van der Waals surface area contributed by atoms with Gasteiger partial charge in [0.05, 0.1) is 24.8 Å². The molecule has 1 aromatic carbocycles. The van der Waals surface area contributed by atoms with E-state index in [0.717, 1.165) is 17.0 Å². The first-order valence-electron chi connectivity index (χ1n) is 6.09. The number of halogens is 1. The van der Waals surface area contributed by atoms with Crippen molar-refractivity contribution in [3.8, 4) is 0 Å². The summed E-state index contributed by atoms with van der Waals surface area (Å²) in [7, 11) is 2.53. The lowest BCUT2D eigenvalue weighted by Crippen LogP contribution is -2.32. The molecule has 21 heavy (non-hydrogen) atoms. The van der Waals surface area contributed by atoms with Crippen molar-refractivity contribution < 1.29 is 23.5 Å². The molecule has 1 aromatic rings. The number of hydrogen-bond acceptors (Lipinski definition) is 6. The molecule has 2 amide bonds. The molecule has 2 rings (SSSR count). The molecule has 7 nitrogen and oxygen atoms in total. The predicted octanol–water partition coefficient (Wildman–Crippen LogP) is 0.364. The normalized spacial score (nSPS) is 18.0. The number of esters is 1. The van der Waals surface area contributed by atoms with E-state index in [-0.39, 0.29) is 29.3 Å². The number of benzene rings is 1. The van der Waals surface area contributed by atoms with Crippen LogP contribution in [0.5, 0.6) is 0 Å². The van der Waals surface area contributed by atoms with Crippen LogP contribution in [0.1, 0.15) is 16.8 Å². The maximum absolute atomic E-state index is 13.9. The minimum atomic E-state index is -0.869. The average Bonchev–Trinajstić information content (AvgIpc) is 2.68. The van der Waals surface area contributed by atoms with Crippen LogP contribution in [0.2, 0.25) is 0 Å². The van der Waals surface area contributed by atoms with Gasteiger partial charge in [-0.2, -0.15) is 0 Å². The van der Waals surface area contributed by atoms with Crippen LogP contribution < -0.4 is 11.1 Å². The van der Waals surface area contributed by atoms with Crippen molar-refractivity contribution in [1.29, 1.82) is 0 Å². The summed E-state index contributed by atoms with van der Waals surface area (Å²) >= 11 is 0. The third-order valence-electron chi connectivity index (χ3n) is 3.26. The van der Waals surface area contributed by atoms with Crippen LogP contribution in [0, 0.1) is 5.82 Å². The minimum absolute atomic E-state index is 0.0217. The number of nitrogens with one attached hydrogen (secondary N) is 1. The fraction of sp³-hybridized carbons (Fsp3) is 0.308. The lowest BCUT2D eigenvalue weighted by atomic mass is 10.1. The number of amides is 2. The average molecular weight is 295 g/mol. The van der Waals surface area contributed by atoms with Crippen LogP contribution in [0.25, 0.3) is 0 Å². The van der Waals surface area contributed by atoms with Crippen LogP contribution in [0.3, 0.4) is 0 Å². The molecule has 1 saturated heterocycles. The lowest BCUT2D eigenvalue weighted by molar-refractivity contribution is -0.136. The molecule has 0 aliphatic carbocycles. The molecule has 1 aliphatic rings. The summed E-state index contributed by atoms with van der Waals surface area (Å²) in [6, 6.07) is 1.25. The van der Waals surface area contributed by atoms with E-state index in [1.807, 2.05) is 0 Å². The van der Waals surface area contributed by atoms with Crippen LogP contribution in [0.15, 0.2) is 12.1 Å². The first-order chi connectivity index (χ1) is 9.85. The van der Waals surface area contributed by atoms with Gasteiger partial charge in [0, 0.05) is 12.7 Å². The Morgan fingerprint density at radius 2 is 2.14 bits per heavy atom. The fourth-order valence-corrected chi connectivity index (χ4v) is 2.04. The van der Waals surface area contributed by atoms with Crippen molar-refractivity contribution in [3.05, 3.63) is 23.5 Å². The Morgan fingerprint density at radius 1 is 1.48 bits per heavy atom. The maximum atomic E-state index is 13.9. The van der Waals surface area contributed by atoms with Crippen LogP contribution in [0.4, 0.5) is 15.8 Å². The maximum Gasteiger partial charge on any atom is 0.340 e. The summed E-state index contributed by atoms with van der Waals surface area (Å²) in [5.74, 6) is -2.27. The number of likely N-dealkylation sites (N-methyl/N-ethyl adjacent to an activating group) is 1. The van der Waals surface area contributed by atoms with Gasteiger partial charge in [-0.25, -0.2) is 9.18 Å². The number of rotatable bonds is 3. The van der Waals surface area contributed by atoms with E-state index in [2.05, 4.69) is 10.1 Å². The number of hydrogen-bond donors (Lipinski definition) is 2. The number of carbonyl (C=O) groups is 3. The number of likely N-dealkylation sites (tertiary alicyclic amines) is 1. The van der Waals surface area contributed by atoms with E-state index in [9.17, 15) is 18.8 Å². The molecule has 3 N–H and O–H groups in total. The molecule has 112 valence electrons. The molecule has 1 fully saturated rings. The van der Waals surface area contributed by atoms with Gasteiger partial charge in [-0.05, 0) is 12.1 Å². The summed E-state index contributed by atoms with van der Waals surface area (Å²) in [5.41, 5.74) is 5.36. The standard InChI is InChI=1S/C13H14FN3O4/c1-17-11(18)5-10(12(17)19)16-9-3-6(13(20)21-2)8(15)4-7(9)14/h3-4,10,16H,5,15H2,1-2H3. The summed E-state index contributed by atoms with van der Waals surface area (Å²) in [6.45, 7) is 0. The molecule has 1 atom stereocenters. The number of nitrogens with zero attached hydrogens (tertiary/aromatic N) is 1. The van der Waals surface area contributed by atoms with Crippen molar-refractivity contribution >= 4 is 29.2 Å². The Kier molecular flexibility index (Phi) is 3.79. The number of carbonyl (C=O) groups excluding carboxylic acids is 3. The Labute approximate surface area is 119 Å². The summed E-state index contributed by atoms with van der Waals surface area (Å²) < 4.78 is 18.4. The largest absolute Gasteiger partial charge is 0.465 e. The highest BCUT2D eigenvalue weighted by atomic mass is 19.1. The Bertz CT molecular complexity index is 632. The molecule has 0 radical (unpaired) electrons. The van der Waals surface area contributed by atoms with E-state index < -0.39 is 23.7 Å². The molecule has 0 bridgehead atoms. The quantitative estimate of drug-likeness (QED) is 0.474. The number of nitrogen functional groups attached to an aromatic ring is 1. The second-order valence-corrected chi connectivity index (χ2v) is 4.60.